The fourth-order valence-corrected chi connectivity index (χ4v) is 6.28. The predicted molar refractivity (Wildman–Crippen MR) is 73.6 cm³/mol. The van der Waals surface area contributed by atoms with Gasteiger partial charge in [-0.25, -0.2) is 0 Å². The van der Waals surface area contributed by atoms with Gasteiger partial charge in [0.15, 0.2) is 0 Å². The third-order valence-electron chi connectivity index (χ3n) is 3.48. The normalized spacial score (nSPS) is 24.7. The summed E-state index contributed by atoms with van der Waals surface area (Å²) in [5.74, 6) is 0.663. The van der Waals surface area contributed by atoms with Crippen LogP contribution >= 0.6 is 0 Å². The van der Waals surface area contributed by atoms with E-state index in [1.54, 1.807) is 0 Å². The van der Waals surface area contributed by atoms with Crippen LogP contribution in [0.2, 0.25) is 4.18 Å². The molecule has 0 aromatic rings. The number of nitrogens with zero attached hydrogens (tertiary/aromatic N) is 1. The number of esters is 1. The maximum absolute atomic E-state index is 11.6. The van der Waals surface area contributed by atoms with E-state index in [1.807, 2.05) is 20.8 Å². The summed E-state index contributed by atoms with van der Waals surface area (Å²) in [7, 11) is 0. The predicted octanol–water partition coefficient (Wildman–Crippen LogP) is 2.06. The van der Waals surface area contributed by atoms with Crippen molar-refractivity contribution in [2.75, 3.05) is 13.1 Å². The van der Waals surface area contributed by atoms with Crippen LogP contribution < -0.4 is 0 Å². The Hall–Kier alpha value is 0.0401. The first-order chi connectivity index (χ1) is 8.44. The molecule has 0 aromatic carbocycles. The molecule has 1 fully saturated rings. The molecule has 2 aliphatic heterocycles. The second-order valence-electron chi connectivity index (χ2n) is 6.37. The Kier molecular flexibility index (Phi) is 4.81. The summed E-state index contributed by atoms with van der Waals surface area (Å²) in [4.78, 5) is 14.2. The van der Waals surface area contributed by atoms with Gasteiger partial charge in [0, 0.05) is 0 Å². The van der Waals surface area contributed by atoms with Crippen LogP contribution in [0.1, 0.15) is 33.6 Å². The van der Waals surface area contributed by atoms with Gasteiger partial charge in [0.25, 0.3) is 0 Å². The maximum atomic E-state index is 11.6. The topological polar surface area (TPSA) is 29.5 Å². The Morgan fingerprint density at radius 1 is 1.44 bits per heavy atom. The zero-order valence-electron chi connectivity index (χ0n) is 11.7. The van der Waals surface area contributed by atoms with Crippen LogP contribution in [0.4, 0.5) is 0 Å². The van der Waals surface area contributed by atoms with Gasteiger partial charge in [-0.15, -0.1) is 0 Å². The molecular formula is C14H23InNO2. The molecule has 0 spiro atoms. The molecule has 2 rings (SSSR count). The zero-order valence-corrected chi connectivity index (χ0v) is 15.0. The molecule has 0 aromatic heterocycles. The Bertz CT molecular complexity index is 329. The van der Waals surface area contributed by atoms with E-state index in [9.17, 15) is 4.79 Å². The Balaban J connectivity index is 1.59. The molecule has 1 radical (unpaired) electrons. The van der Waals surface area contributed by atoms with Crippen molar-refractivity contribution in [1.29, 1.82) is 0 Å². The van der Waals surface area contributed by atoms with Crippen molar-refractivity contribution in [3.05, 3.63) is 9.91 Å². The van der Waals surface area contributed by atoms with Crippen LogP contribution in [0.3, 0.4) is 0 Å². The number of rotatable bonds is 4. The second kappa shape index (κ2) is 6.00. The summed E-state index contributed by atoms with van der Waals surface area (Å²) < 4.78 is 9.26. The molecule has 99 valence electrons. The van der Waals surface area contributed by atoms with Crippen molar-refractivity contribution in [3.63, 3.8) is 0 Å². The summed E-state index contributed by atoms with van der Waals surface area (Å²) in [5, 5.41) is 0. The van der Waals surface area contributed by atoms with Gasteiger partial charge in [0.1, 0.15) is 0 Å². The fraction of sp³-hybridized carbons (Fsp3) is 0.786. The summed E-state index contributed by atoms with van der Waals surface area (Å²) in [6, 6.07) is 0.754. The average molecular weight is 352 g/mol. The van der Waals surface area contributed by atoms with E-state index in [1.165, 1.54) is 17.3 Å². The minimum absolute atomic E-state index is 0.0446. The molecule has 2 heterocycles. The molecule has 18 heavy (non-hydrogen) atoms. The molecule has 4 heteroatoms. The summed E-state index contributed by atoms with van der Waals surface area (Å²) in [6.45, 7) is 8.14. The van der Waals surface area contributed by atoms with Gasteiger partial charge in [0.05, 0.1) is 0 Å². The molecule has 0 amide bonds. The number of hydrogen-bond donors (Lipinski definition) is 0. The van der Waals surface area contributed by atoms with Crippen molar-refractivity contribution in [1.82, 2.24) is 4.90 Å². The summed E-state index contributed by atoms with van der Waals surface area (Å²) >= 11 is -0.286. The molecule has 1 unspecified atom stereocenters. The molecular weight excluding hydrogens is 329 g/mol. The summed E-state index contributed by atoms with van der Waals surface area (Å²) in [5.41, 5.74) is -0.344. The van der Waals surface area contributed by atoms with E-state index in [4.69, 9.17) is 4.74 Å². The monoisotopic (exact) mass is 352 g/mol. The van der Waals surface area contributed by atoms with Crippen LogP contribution in [0.25, 0.3) is 0 Å². The quantitative estimate of drug-likeness (QED) is 0.726. The molecule has 0 bridgehead atoms. The summed E-state index contributed by atoms with van der Waals surface area (Å²) in [6.07, 6.45) is 3.98. The number of carbonyl (C=O) groups is 1. The standard InChI is InChI=1S/C14H23NO2.In/c1-6-11(2)15-9-12(10-15)7-8-13(16)17-14(3,4)5;/h1,6,11-12H,2,7-10H2,3-5H3;. The van der Waals surface area contributed by atoms with Crippen molar-refractivity contribution < 1.29 is 9.53 Å². The SMILES string of the molecule is CC(C)(C)OC(=O)CCC1CN(C2C=[CH][In][CH2]2)C1. The van der Waals surface area contributed by atoms with Crippen LogP contribution in [-0.4, -0.2) is 58.5 Å². The van der Waals surface area contributed by atoms with E-state index in [2.05, 4.69) is 14.8 Å². The third-order valence-corrected chi connectivity index (χ3v) is 7.04. The van der Waals surface area contributed by atoms with Crippen LogP contribution in [-0.2, 0) is 9.53 Å². The molecule has 2 aliphatic rings. The Morgan fingerprint density at radius 3 is 2.72 bits per heavy atom. The van der Waals surface area contributed by atoms with Crippen molar-refractivity contribution >= 4 is 28.9 Å². The number of ether oxygens (including phenoxy) is 1. The average Bonchev–Trinajstić information content (AvgIpc) is 2.65. The third kappa shape index (κ3) is 4.30. The van der Waals surface area contributed by atoms with Gasteiger partial charge < -0.3 is 0 Å². The van der Waals surface area contributed by atoms with Gasteiger partial charge in [-0.1, -0.05) is 0 Å². The molecule has 0 N–H and O–H groups in total. The van der Waals surface area contributed by atoms with Crippen molar-refractivity contribution in [3.8, 4) is 0 Å². The Labute approximate surface area is 121 Å². The molecule has 0 saturated carbocycles. The van der Waals surface area contributed by atoms with Gasteiger partial charge in [-0.3, -0.25) is 0 Å². The second-order valence-corrected chi connectivity index (χ2v) is 10.2. The van der Waals surface area contributed by atoms with Crippen molar-refractivity contribution in [2.24, 2.45) is 5.92 Å². The Morgan fingerprint density at radius 2 is 2.17 bits per heavy atom. The molecule has 1 atom stereocenters. The van der Waals surface area contributed by atoms with Crippen LogP contribution in [0.15, 0.2) is 9.91 Å². The van der Waals surface area contributed by atoms with E-state index >= 15 is 0 Å². The first kappa shape index (κ1) is 14.4. The number of likely N-dealkylation sites (tertiary alicyclic amines) is 1. The van der Waals surface area contributed by atoms with E-state index < -0.39 is 0 Å². The van der Waals surface area contributed by atoms with Crippen LogP contribution in [0, 0.1) is 5.92 Å². The molecule has 0 aliphatic carbocycles. The van der Waals surface area contributed by atoms with Gasteiger partial charge in [0.2, 0.25) is 0 Å². The van der Waals surface area contributed by atoms with Crippen LogP contribution in [0.5, 0.6) is 0 Å². The number of hydrogen-bond acceptors (Lipinski definition) is 3. The molecule has 1 saturated heterocycles. The van der Waals surface area contributed by atoms with E-state index in [0.717, 1.165) is 12.5 Å². The molecule has 3 nitrogen and oxygen atoms in total. The van der Waals surface area contributed by atoms with Gasteiger partial charge in [-0.2, -0.15) is 0 Å². The first-order valence-corrected chi connectivity index (χ1v) is 11.1. The number of carbonyl (C=O) groups excluding carboxylic acids is 1. The van der Waals surface area contributed by atoms with E-state index in [0.29, 0.717) is 12.3 Å². The van der Waals surface area contributed by atoms with E-state index in [-0.39, 0.29) is 34.5 Å². The first-order valence-electron chi connectivity index (χ1n) is 6.90. The van der Waals surface area contributed by atoms with Gasteiger partial charge >= 0.3 is 122 Å². The minimum atomic E-state index is -0.344. The fourth-order valence-electron chi connectivity index (χ4n) is 2.55. The zero-order chi connectivity index (χ0) is 13.2. The van der Waals surface area contributed by atoms with Crippen molar-refractivity contribution in [2.45, 2.75) is 49.4 Å². The van der Waals surface area contributed by atoms with Gasteiger partial charge in [-0.05, 0) is 0 Å².